The highest BCUT2D eigenvalue weighted by Crippen LogP contribution is 2.60. The van der Waals surface area contributed by atoms with E-state index in [-0.39, 0.29) is 0 Å². The molecule has 7 aromatic carbocycles. The lowest BCUT2D eigenvalue weighted by atomic mass is 9.72. The summed E-state index contributed by atoms with van der Waals surface area (Å²) >= 11 is 0. The molecule has 1 atom stereocenters. The van der Waals surface area contributed by atoms with Crippen molar-refractivity contribution >= 4 is 11.0 Å². The summed E-state index contributed by atoms with van der Waals surface area (Å²) in [6.45, 7) is 0. The molecule has 1 unspecified atom stereocenters. The van der Waals surface area contributed by atoms with E-state index in [2.05, 4.69) is 156 Å². The second-order valence-corrected chi connectivity index (χ2v) is 13.4. The van der Waals surface area contributed by atoms with Crippen molar-refractivity contribution < 1.29 is 0 Å². The molecule has 0 amide bonds. The lowest BCUT2D eigenvalue weighted by Crippen LogP contribution is -2.27. The van der Waals surface area contributed by atoms with Gasteiger partial charge in [-0.2, -0.15) is 0 Å². The van der Waals surface area contributed by atoms with Gasteiger partial charge in [-0.05, 0) is 63.2 Å². The Morgan fingerprint density at radius 2 is 0.885 bits per heavy atom. The Balaban J connectivity index is 1.14. The second-order valence-electron chi connectivity index (χ2n) is 13.4. The first kappa shape index (κ1) is 28.8. The Bertz CT molecular complexity index is 2840. The predicted octanol–water partition coefficient (Wildman–Crippen LogP) is 10.6. The first-order valence-electron chi connectivity index (χ1n) is 17.6. The van der Waals surface area contributed by atoms with E-state index < -0.39 is 5.41 Å². The minimum atomic E-state index is -0.608. The molecule has 0 radical (unpaired) electrons. The third-order valence-electron chi connectivity index (χ3n) is 10.7. The molecule has 2 aromatic heterocycles. The van der Waals surface area contributed by atoms with Crippen LogP contribution in [0.5, 0.6) is 0 Å². The van der Waals surface area contributed by atoms with Gasteiger partial charge >= 0.3 is 0 Å². The standard InChI is InChI=1S/C47H29N5/c1-3-13-30(14-4-1)31-23-25-33(26-24-31)44-49-43(32-15-5-2-6-16-32)50-45(51-44)34-27-28-36-35-17-7-8-18-37(35)47(39(36)29-34)38-19-9-11-21-41(38)52-42-22-12-10-20-40(42)48-46(47)52/h1-29H. The molecule has 0 bridgehead atoms. The number of benzene rings is 7. The molecular weight excluding hydrogens is 635 g/mol. The number of imidazole rings is 1. The quantitative estimate of drug-likeness (QED) is 0.188. The summed E-state index contributed by atoms with van der Waals surface area (Å²) in [4.78, 5) is 20.7. The molecule has 11 rings (SSSR count). The van der Waals surface area contributed by atoms with Gasteiger partial charge in [0.2, 0.25) is 0 Å². The fraction of sp³-hybridized carbons (Fsp3) is 0.0213. The molecule has 1 aliphatic carbocycles. The Morgan fingerprint density at radius 1 is 0.365 bits per heavy atom. The topological polar surface area (TPSA) is 56.5 Å². The monoisotopic (exact) mass is 663 g/mol. The highest BCUT2D eigenvalue weighted by Gasteiger charge is 2.54. The molecule has 0 N–H and O–H groups in total. The van der Waals surface area contributed by atoms with Crippen molar-refractivity contribution in [2.24, 2.45) is 0 Å². The van der Waals surface area contributed by atoms with E-state index in [1.165, 1.54) is 33.4 Å². The van der Waals surface area contributed by atoms with Gasteiger partial charge in [0, 0.05) is 16.7 Å². The summed E-state index contributed by atoms with van der Waals surface area (Å²) < 4.78 is 2.36. The fourth-order valence-corrected chi connectivity index (χ4v) is 8.37. The van der Waals surface area contributed by atoms with Crippen LogP contribution in [-0.2, 0) is 5.41 Å². The summed E-state index contributed by atoms with van der Waals surface area (Å²) in [7, 11) is 0. The normalized spacial score (nSPS) is 15.0. The summed E-state index contributed by atoms with van der Waals surface area (Å²) in [6.07, 6.45) is 0. The second kappa shape index (κ2) is 11.0. The zero-order valence-electron chi connectivity index (χ0n) is 28.0. The molecule has 0 saturated carbocycles. The number of hydrogen-bond acceptors (Lipinski definition) is 4. The smallest absolute Gasteiger partial charge is 0.164 e. The van der Waals surface area contributed by atoms with E-state index in [1.54, 1.807) is 0 Å². The molecule has 5 heteroatoms. The number of hydrogen-bond donors (Lipinski definition) is 0. The van der Waals surface area contributed by atoms with Crippen LogP contribution in [0.4, 0.5) is 0 Å². The van der Waals surface area contributed by atoms with Crippen molar-refractivity contribution in [3.8, 4) is 62.1 Å². The molecule has 0 saturated heterocycles. The van der Waals surface area contributed by atoms with Gasteiger partial charge in [-0.1, -0.05) is 152 Å². The molecule has 242 valence electrons. The maximum absolute atomic E-state index is 5.40. The van der Waals surface area contributed by atoms with Crippen molar-refractivity contribution in [3.05, 3.63) is 198 Å². The molecule has 0 fully saturated rings. The Morgan fingerprint density at radius 3 is 1.65 bits per heavy atom. The zero-order chi connectivity index (χ0) is 34.2. The maximum atomic E-state index is 5.40. The van der Waals surface area contributed by atoms with Crippen LogP contribution in [0.2, 0.25) is 0 Å². The first-order valence-corrected chi connectivity index (χ1v) is 17.6. The van der Waals surface area contributed by atoms with E-state index in [0.29, 0.717) is 17.5 Å². The molecule has 1 aliphatic heterocycles. The SMILES string of the molecule is c1ccc(-c2ccc(-c3nc(-c4ccccc4)nc(-c4ccc5c(c4)C4(c6ccccc6-5)c5ccccc5-n5c4nc4ccccc45)n3)cc2)cc1. The van der Waals surface area contributed by atoms with E-state index in [4.69, 9.17) is 19.9 Å². The van der Waals surface area contributed by atoms with E-state index >= 15 is 0 Å². The van der Waals surface area contributed by atoms with Crippen molar-refractivity contribution in [3.63, 3.8) is 0 Å². The highest BCUT2D eigenvalue weighted by molar-refractivity contribution is 5.92. The minimum absolute atomic E-state index is 0.608. The highest BCUT2D eigenvalue weighted by atomic mass is 15.1. The summed E-state index contributed by atoms with van der Waals surface area (Å²) in [5, 5.41) is 0. The van der Waals surface area contributed by atoms with E-state index in [9.17, 15) is 0 Å². The Hall–Kier alpha value is -6.98. The van der Waals surface area contributed by atoms with Gasteiger partial charge in [0.25, 0.3) is 0 Å². The average Bonchev–Trinajstić information content (AvgIpc) is 3.85. The molecule has 52 heavy (non-hydrogen) atoms. The van der Waals surface area contributed by atoms with Crippen molar-refractivity contribution in [1.29, 1.82) is 0 Å². The molecule has 2 aliphatic rings. The number of rotatable bonds is 4. The minimum Gasteiger partial charge on any atom is -0.295 e. The van der Waals surface area contributed by atoms with Crippen molar-refractivity contribution in [2.75, 3.05) is 0 Å². The van der Waals surface area contributed by atoms with Gasteiger partial charge in [0.1, 0.15) is 11.2 Å². The number of para-hydroxylation sites is 3. The predicted molar refractivity (Wildman–Crippen MR) is 207 cm³/mol. The van der Waals surface area contributed by atoms with Crippen LogP contribution in [0.3, 0.4) is 0 Å². The lowest BCUT2D eigenvalue weighted by Gasteiger charge is -2.27. The molecule has 5 nitrogen and oxygen atoms in total. The van der Waals surface area contributed by atoms with Crippen LogP contribution in [-0.4, -0.2) is 24.5 Å². The van der Waals surface area contributed by atoms with Crippen LogP contribution in [0.25, 0.3) is 73.1 Å². The fourth-order valence-electron chi connectivity index (χ4n) is 8.37. The van der Waals surface area contributed by atoms with Crippen molar-refractivity contribution in [2.45, 2.75) is 5.41 Å². The van der Waals surface area contributed by atoms with Crippen molar-refractivity contribution in [1.82, 2.24) is 24.5 Å². The van der Waals surface area contributed by atoms with E-state index in [1.807, 2.05) is 24.3 Å². The zero-order valence-corrected chi connectivity index (χ0v) is 28.0. The molecule has 1 spiro atoms. The summed E-state index contributed by atoms with van der Waals surface area (Å²) in [5.74, 6) is 2.91. The van der Waals surface area contributed by atoms with Gasteiger partial charge in [-0.15, -0.1) is 0 Å². The largest absolute Gasteiger partial charge is 0.295 e. The Labute approximate surface area is 300 Å². The number of fused-ring (bicyclic) bond motifs is 12. The average molecular weight is 664 g/mol. The van der Waals surface area contributed by atoms with E-state index in [0.717, 1.165) is 44.8 Å². The van der Waals surface area contributed by atoms with Crippen LogP contribution in [0.15, 0.2) is 176 Å². The van der Waals surface area contributed by atoms with Crippen LogP contribution in [0.1, 0.15) is 22.5 Å². The maximum Gasteiger partial charge on any atom is 0.164 e. The number of aromatic nitrogens is 5. The van der Waals surface area contributed by atoms with Gasteiger partial charge < -0.3 is 0 Å². The van der Waals surface area contributed by atoms with Gasteiger partial charge in [0.05, 0.1) is 16.7 Å². The first-order chi connectivity index (χ1) is 25.8. The molecular formula is C47H29N5. The van der Waals surface area contributed by atoms with Gasteiger partial charge in [0.15, 0.2) is 17.5 Å². The van der Waals surface area contributed by atoms with Crippen LogP contribution in [0, 0.1) is 0 Å². The summed E-state index contributed by atoms with van der Waals surface area (Å²) in [5.41, 5.74) is 13.8. The lowest BCUT2D eigenvalue weighted by molar-refractivity contribution is 0.738. The third-order valence-corrected chi connectivity index (χ3v) is 10.7. The third kappa shape index (κ3) is 4.05. The molecule has 9 aromatic rings. The van der Waals surface area contributed by atoms with Gasteiger partial charge in [-0.3, -0.25) is 4.57 Å². The summed E-state index contributed by atoms with van der Waals surface area (Å²) in [6, 6.07) is 61.7. The van der Waals surface area contributed by atoms with Gasteiger partial charge in [-0.25, -0.2) is 19.9 Å². The Kier molecular flexibility index (Phi) is 6.10. The van der Waals surface area contributed by atoms with Crippen LogP contribution < -0.4 is 0 Å². The van der Waals surface area contributed by atoms with Crippen LogP contribution >= 0.6 is 0 Å². The molecule has 3 heterocycles. The number of nitrogens with zero attached hydrogens (tertiary/aromatic N) is 5.